The Morgan fingerprint density at radius 1 is 0.969 bits per heavy atom. The second kappa shape index (κ2) is 10.5. The second-order valence-corrected chi connectivity index (χ2v) is 9.44. The van der Waals surface area contributed by atoms with Crippen molar-refractivity contribution in [3.63, 3.8) is 0 Å². The van der Waals surface area contributed by atoms with Gasteiger partial charge in [-0.05, 0) is 61.1 Å². The van der Waals surface area contributed by atoms with E-state index in [0.717, 1.165) is 17.9 Å². The summed E-state index contributed by atoms with van der Waals surface area (Å²) >= 11 is 0. The van der Waals surface area contributed by atoms with E-state index in [4.69, 9.17) is 0 Å². The first kappa shape index (κ1) is 23.6. The van der Waals surface area contributed by atoms with Crippen LogP contribution in [0, 0.1) is 12.8 Å². The number of carbonyl (C=O) groups is 1. The topological polar surface area (TPSA) is 37.3 Å². The van der Waals surface area contributed by atoms with Crippen molar-refractivity contribution in [1.29, 1.82) is 0 Å². The number of nitrogens with zero attached hydrogens (tertiary/aromatic N) is 2. The third kappa shape index (κ3) is 6.03. The lowest BCUT2D eigenvalue weighted by Crippen LogP contribution is -2.43. The van der Waals surface area contributed by atoms with E-state index in [1.165, 1.54) is 16.7 Å². The average Bonchev–Trinajstić information content (AvgIpc) is 3.18. The molecule has 0 radical (unpaired) electrons. The Bertz CT molecular complexity index is 1020. The van der Waals surface area contributed by atoms with E-state index in [0.29, 0.717) is 18.4 Å². The number of hydrogen-bond acceptors (Lipinski definition) is 1. The van der Waals surface area contributed by atoms with Gasteiger partial charge in [-0.1, -0.05) is 69.7 Å². The second-order valence-electron chi connectivity index (χ2n) is 9.44. The van der Waals surface area contributed by atoms with Gasteiger partial charge in [0.2, 0.25) is 0 Å². The fourth-order valence-electron chi connectivity index (χ4n) is 3.84. The molecule has 1 N–H and O–H groups in total. The molecule has 1 heterocycles. The van der Waals surface area contributed by atoms with Crippen LogP contribution in [0.1, 0.15) is 62.9 Å². The Balaban J connectivity index is 1.78. The number of aromatic nitrogens is 1. The summed E-state index contributed by atoms with van der Waals surface area (Å²) in [7, 11) is 0. The third-order valence-corrected chi connectivity index (χ3v) is 6.24. The number of amides is 2. The average molecular weight is 432 g/mol. The summed E-state index contributed by atoms with van der Waals surface area (Å²) in [5, 5.41) is 3.11. The van der Waals surface area contributed by atoms with E-state index >= 15 is 0 Å². The Kier molecular flexibility index (Phi) is 7.79. The number of carbonyl (C=O) groups excluding carboxylic acids is 1. The van der Waals surface area contributed by atoms with Crippen LogP contribution >= 0.6 is 0 Å². The van der Waals surface area contributed by atoms with Crippen molar-refractivity contribution in [3.8, 4) is 0 Å². The molecule has 2 amide bonds. The number of benzene rings is 2. The molecule has 0 aliphatic carbocycles. The molecule has 0 aliphatic rings. The quantitative estimate of drug-likeness (QED) is 0.408. The highest BCUT2D eigenvalue weighted by molar-refractivity contribution is 5.89. The lowest BCUT2D eigenvalue weighted by Gasteiger charge is -2.32. The number of aryl methyl sites for hydroxylation is 1. The smallest absolute Gasteiger partial charge is 0.322 e. The summed E-state index contributed by atoms with van der Waals surface area (Å²) in [6, 6.07) is 20.9. The highest BCUT2D eigenvalue weighted by Gasteiger charge is 2.24. The molecular formula is C28H37N3O. The highest BCUT2D eigenvalue weighted by atomic mass is 16.2. The van der Waals surface area contributed by atoms with Crippen molar-refractivity contribution < 1.29 is 4.79 Å². The molecule has 1 unspecified atom stereocenters. The van der Waals surface area contributed by atoms with Crippen LogP contribution in [0.4, 0.5) is 10.5 Å². The van der Waals surface area contributed by atoms with E-state index in [1.807, 2.05) is 17.0 Å². The SMILES string of the molecule is Cc1cccc(Cn2cccc2CN(C(=O)Nc2ccc(C(C)C)cc2)C(C)C(C)C)c1. The number of rotatable bonds is 8. The minimum absolute atomic E-state index is 0.0631. The largest absolute Gasteiger partial charge is 0.345 e. The van der Waals surface area contributed by atoms with Gasteiger partial charge in [-0.15, -0.1) is 0 Å². The zero-order valence-corrected chi connectivity index (χ0v) is 20.3. The number of nitrogens with one attached hydrogen (secondary N) is 1. The van der Waals surface area contributed by atoms with Crippen LogP contribution in [0.25, 0.3) is 0 Å². The van der Waals surface area contributed by atoms with Crippen LogP contribution in [-0.4, -0.2) is 21.5 Å². The molecule has 32 heavy (non-hydrogen) atoms. The predicted octanol–water partition coefficient (Wildman–Crippen LogP) is 7.05. The monoisotopic (exact) mass is 431 g/mol. The lowest BCUT2D eigenvalue weighted by molar-refractivity contribution is 0.168. The highest BCUT2D eigenvalue weighted by Crippen LogP contribution is 2.21. The van der Waals surface area contributed by atoms with Crippen LogP contribution in [-0.2, 0) is 13.1 Å². The van der Waals surface area contributed by atoms with Gasteiger partial charge in [0, 0.05) is 30.2 Å². The normalized spacial score (nSPS) is 12.2. The summed E-state index contributed by atoms with van der Waals surface area (Å²) in [6.45, 7) is 14.3. The minimum Gasteiger partial charge on any atom is -0.345 e. The molecule has 0 bridgehead atoms. The third-order valence-electron chi connectivity index (χ3n) is 6.24. The van der Waals surface area contributed by atoms with Gasteiger partial charge in [0.05, 0.1) is 6.54 Å². The molecule has 0 saturated heterocycles. The van der Waals surface area contributed by atoms with E-state index in [2.05, 4.69) is 106 Å². The fourth-order valence-corrected chi connectivity index (χ4v) is 3.84. The zero-order chi connectivity index (χ0) is 23.3. The molecular weight excluding hydrogens is 394 g/mol. The molecule has 3 aromatic rings. The maximum atomic E-state index is 13.3. The van der Waals surface area contributed by atoms with Gasteiger partial charge < -0.3 is 14.8 Å². The molecule has 3 rings (SSSR count). The minimum atomic E-state index is -0.0631. The van der Waals surface area contributed by atoms with Gasteiger partial charge in [0.25, 0.3) is 0 Å². The molecule has 170 valence electrons. The van der Waals surface area contributed by atoms with Gasteiger partial charge in [-0.25, -0.2) is 4.79 Å². The first-order valence-corrected chi connectivity index (χ1v) is 11.6. The number of anilines is 1. The maximum absolute atomic E-state index is 13.3. The van der Waals surface area contributed by atoms with Crippen molar-refractivity contribution >= 4 is 11.7 Å². The molecule has 4 nitrogen and oxygen atoms in total. The lowest BCUT2D eigenvalue weighted by atomic mass is 10.0. The van der Waals surface area contributed by atoms with Crippen LogP contribution in [0.3, 0.4) is 0 Å². The van der Waals surface area contributed by atoms with E-state index < -0.39 is 0 Å². The zero-order valence-electron chi connectivity index (χ0n) is 20.3. The Hall–Kier alpha value is -3.01. The summed E-state index contributed by atoms with van der Waals surface area (Å²) in [5.74, 6) is 0.822. The Labute approximate surface area is 193 Å². The van der Waals surface area contributed by atoms with Crippen molar-refractivity contribution in [3.05, 3.63) is 89.2 Å². The summed E-state index contributed by atoms with van der Waals surface area (Å²) in [6.07, 6.45) is 2.10. The molecule has 0 aliphatic heterocycles. The van der Waals surface area contributed by atoms with Crippen LogP contribution in [0.15, 0.2) is 66.9 Å². The van der Waals surface area contributed by atoms with E-state index in [9.17, 15) is 4.79 Å². The van der Waals surface area contributed by atoms with Gasteiger partial charge in [0.15, 0.2) is 0 Å². The van der Waals surface area contributed by atoms with Crippen molar-refractivity contribution in [1.82, 2.24) is 9.47 Å². The van der Waals surface area contributed by atoms with Crippen LogP contribution in [0.5, 0.6) is 0 Å². The van der Waals surface area contributed by atoms with Gasteiger partial charge in [0.1, 0.15) is 0 Å². The maximum Gasteiger partial charge on any atom is 0.322 e. The Morgan fingerprint density at radius 3 is 2.31 bits per heavy atom. The molecule has 2 aromatic carbocycles. The van der Waals surface area contributed by atoms with E-state index in [1.54, 1.807) is 0 Å². The molecule has 0 spiro atoms. The van der Waals surface area contributed by atoms with Crippen LogP contribution in [0.2, 0.25) is 0 Å². The summed E-state index contributed by atoms with van der Waals surface area (Å²) in [4.78, 5) is 15.3. The van der Waals surface area contributed by atoms with Gasteiger partial charge in [-0.2, -0.15) is 0 Å². The number of urea groups is 1. The fraction of sp³-hybridized carbons (Fsp3) is 0.393. The molecule has 1 aromatic heterocycles. The van der Waals surface area contributed by atoms with Gasteiger partial charge >= 0.3 is 6.03 Å². The summed E-state index contributed by atoms with van der Waals surface area (Å²) in [5.41, 5.74) is 5.75. The first-order valence-electron chi connectivity index (χ1n) is 11.6. The van der Waals surface area contributed by atoms with Crippen molar-refractivity contribution in [2.45, 2.75) is 66.6 Å². The van der Waals surface area contributed by atoms with Gasteiger partial charge in [-0.3, -0.25) is 0 Å². The Morgan fingerprint density at radius 2 is 1.69 bits per heavy atom. The predicted molar refractivity (Wildman–Crippen MR) is 134 cm³/mol. The molecule has 0 fully saturated rings. The molecule has 4 heteroatoms. The molecule has 0 saturated carbocycles. The van der Waals surface area contributed by atoms with E-state index in [-0.39, 0.29) is 12.1 Å². The van der Waals surface area contributed by atoms with Crippen molar-refractivity contribution in [2.75, 3.05) is 5.32 Å². The van der Waals surface area contributed by atoms with Crippen LogP contribution < -0.4 is 5.32 Å². The first-order chi connectivity index (χ1) is 15.2. The standard InChI is InChI=1S/C28H37N3O/c1-20(2)23(6)31(28(32)29-26-14-12-25(13-15-26)21(3)4)19-27-11-8-16-30(27)18-24-10-7-9-22(5)17-24/h7-17,20-21,23H,18-19H2,1-6H3,(H,29,32). The van der Waals surface area contributed by atoms with Crippen molar-refractivity contribution in [2.24, 2.45) is 5.92 Å². The molecule has 1 atom stereocenters. The number of hydrogen-bond donors (Lipinski definition) is 1. The summed E-state index contributed by atoms with van der Waals surface area (Å²) < 4.78 is 2.24.